The van der Waals surface area contributed by atoms with Crippen LogP contribution in [0.15, 0.2) is 74.7 Å². The van der Waals surface area contributed by atoms with Gasteiger partial charge in [-0.2, -0.15) is 0 Å². The van der Waals surface area contributed by atoms with Crippen molar-refractivity contribution in [3.05, 3.63) is 91.5 Å². The number of nitrogens with one attached hydrogen (secondary N) is 1. The molecule has 0 unspecified atom stereocenters. The van der Waals surface area contributed by atoms with Crippen LogP contribution in [0.25, 0.3) is 11.0 Å². The number of carbonyl (C=O) groups is 2. The number of phenols is 1. The van der Waals surface area contributed by atoms with Crippen LogP contribution in [0.5, 0.6) is 5.75 Å². The highest BCUT2D eigenvalue weighted by Gasteiger charge is 2.33. The average Bonchev–Trinajstić information content (AvgIpc) is 3.39. The number of halogens is 2. The summed E-state index contributed by atoms with van der Waals surface area (Å²) in [5, 5.41) is 10.2. The van der Waals surface area contributed by atoms with Crippen LogP contribution in [0.4, 0.5) is 0 Å². The maximum atomic E-state index is 14.0. The molecule has 6 rings (SSSR count). The lowest BCUT2D eigenvalue weighted by Gasteiger charge is -2.36. The molecule has 0 bridgehead atoms. The Morgan fingerprint density at radius 1 is 0.932 bits per heavy atom. The van der Waals surface area contributed by atoms with Crippen molar-refractivity contribution in [2.45, 2.75) is 50.5 Å². The summed E-state index contributed by atoms with van der Waals surface area (Å²) in [6, 6.07) is 15.4. The molecule has 4 heterocycles. The fourth-order valence-electron chi connectivity index (χ4n) is 6.74. The molecule has 11 heteroatoms. The van der Waals surface area contributed by atoms with Gasteiger partial charge in [0.15, 0.2) is 0 Å². The van der Waals surface area contributed by atoms with E-state index in [-0.39, 0.29) is 35.7 Å². The molecular weight excluding hydrogens is 690 g/mol. The molecule has 2 aromatic carbocycles. The number of para-hydroxylation sites is 2. The summed E-state index contributed by atoms with van der Waals surface area (Å²) in [6.07, 6.45) is 7.19. The molecule has 230 valence electrons. The zero-order valence-electron chi connectivity index (χ0n) is 24.3. The summed E-state index contributed by atoms with van der Waals surface area (Å²) in [7, 11) is 0. The van der Waals surface area contributed by atoms with Crippen LogP contribution < -0.4 is 5.69 Å². The molecule has 4 aromatic rings. The topological polar surface area (TPSA) is 112 Å². The first-order chi connectivity index (χ1) is 21.3. The Labute approximate surface area is 272 Å². The van der Waals surface area contributed by atoms with Gasteiger partial charge >= 0.3 is 5.69 Å². The third-order valence-corrected chi connectivity index (χ3v) is 10.3. The van der Waals surface area contributed by atoms with E-state index in [9.17, 15) is 19.5 Å². The van der Waals surface area contributed by atoms with Crippen LogP contribution in [0.1, 0.15) is 55.2 Å². The predicted octanol–water partition coefficient (Wildman–Crippen LogP) is 5.77. The number of H-pyrrole nitrogens is 1. The van der Waals surface area contributed by atoms with E-state index < -0.39 is 5.92 Å². The second-order valence-electron chi connectivity index (χ2n) is 11.8. The summed E-state index contributed by atoms with van der Waals surface area (Å²) >= 11 is 6.81. The first kappa shape index (κ1) is 30.6. The Bertz CT molecular complexity index is 1680. The highest BCUT2D eigenvalue weighted by Crippen LogP contribution is 2.35. The normalized spacial score (nSPS) is 17.2. The molecule has 2 aliphatic rings. The highest BCUT2D eigenvalue weighted by atomic mass is 79.9. The van der Waals surface area contributed by atoms with E-state index in [4.69, 9.17) is 0 Å². The number of likely N-dealkylation sites (tertiary alicyclic amines) is 2. The van der Waals surface area contributed by atoms with Crippen LogP contribution in [-0.4, -0.2) is 67.4 Å². The SMILES string of the molecule is O=C(C[C@H](Cc1cc(Br)c(O)c(Br)c1)C(=O)N1CCC(c2ccncc2)CC1)N1CCC(n2c(=O)[nH]c3ccccc32)CC1. The Balaban J connectivity index is 1.14. The number of aromatic amines is 1. The van der Waals surface area contributed by atoms with Crippen LogP contribution in [-0.2, 0) is 16.0 Å². The summed E-state index contributed by atoms with van der Waals surface area (Å²) in [5.74, 6) is -0.0961. The van der Waals surface area contributed by atoms with Gasteiger partial charge in [0, 0.05) is 51.0 Å². The largest absolute Gasteiger partial charge is 0.506 e. The minimum absolute atomic E-state index is 0.00733. The van der Waals surface area contributed by atoms with Crippen molar-refractivity contribution < 1.29 is 14.7 Å². The highest BCUT2D eigenvalue weighted by molar-refractivity contribution is 9.11. The van der Waals surface area contributed by atoms with Crippen LogP contribution >= 0.6 is 31.9 Å². The van der Waals surface area contributed by atoms with Gasteiger partial charge in [0.1, 0.15) is 5.75 Å². The molecule has 0 radical (unpaired) electrons. The monoisotopic (exact) mass is 723 g/mol. The average molecular weight is 725 g/mol. The van der Waals surface area contributed by atoms with E-state index in [1.807, 2.05) is 75.3 Å². The number of fused-ring (bicyclic) bond motifs is 1. The number of aromatic hydroxyl groups is 1. The van der Waals surface area contributed by atoms with Crippen molar-refractivity contribution in [3.8, 4) is 5.75 Å². The molecule has 2 aliphatic heterocycles. The zero-order valence-corrected chi connectivity index (χ0v) is 27.5. The number of hydrogen-bond donors (Lipinski definition) is 2. The minimum atomic E-state index is -0.530. The number of phenolic OH excluding ortho intramolecular Hbond substituents is 1. The standard InChI is InChI=1S/C33H35Br2N5O4/c34-26-18-21(19-27(35)31(26)42)17-24(32(43)39-13-7-23(8-14-39)22-5-11-36-12-6-22)20-30(41)38-15-9-25(10-16-38)40-29-4-2-1-3-28(29)37-33(40)44/h1-6,11-12,18-19,23-25,42H,7-10,13-17,20H2,(H,37,44)/t24-/m0/s1. The number of carbonyl (C=O) groups excluding carboxylic acids is 2. The lowest BCUT2D eigenvalue weighted by Crippen LogP contribution is -2.45. The minimum Gasteiger partial charge on any atom is -0.506 e. The van der Waals surface area contributed by atoms with Gasteiger partial charge in [-0.05, 0) is 117 Å². The maximum absolute atomic E-state index is 14.0. The third-order valence-electron chi connectivity index (χ3n) is 9.12. The number of benzene rings is 2. The van der Waals surface area contributed by atoms with E-state index in [1.165, 1.54) is 5.56 Å². The van der Waals surface area contributed by atoms with Crippen molar-refractivity contribution in [1.29, 1.82) is 0 Å². The Morgan fingerprint density at radius 2 is 1.57 bits per heavy atom. The quantitative estimate of drug-likeness (QED) is 0.251. The molecular formula is C33H35Br2N5O4. The maximum Gasteiger partial charge on any atom is 0.326 e. The lowest BCUT2D eigenvalue weighted by atomic mass is 9.88. The molecule has 0 saturated carbocycles. The number of nitrogens with zero attached hydrogens (tertiary/aromatic N) is 4. The fraction of sp³-hybridized carbons (Fsp3) is 0.394. The fourth-order valence-corrected chi connectivity index (χ4v) is 8.03. The zero-order chi connectivity index (χ0) is 30.8. The molecule has 0 aliphatic carbocycles. The molecule has 2 fully saturated rings. The molecule has 2 aromatic heterocycles. The van der Waals surface area contributed by atoms with Crippen LogP contribution in [0.3, 0.4) is 0 Å². The summed E-state index contributed by atoms with van der Waals surface area (Å²) < 4.78 is 2.89. The number of piperidine rings is 2. The van der Waals surface area contributed by atoms with Crippen molar-refractivity contribution in [3.63, 3.8) is 0 Å². The van der Waals surface area contributed by atoms with Gasteiger partial charge in [-0.1, -0.05) is 12.1 Å². The number of rotatable bonds is 7. The Kier molecular flexibility index (Phi) is 9.23. The summed E-state index contributed by atoms with van der Waals surface area (Å²) in [5.41, 5.74) is 3.68. The molecule has 0 spiro atoms. The van der Waals surface area contributed by atoms with Gasteiger partial charge in [-0.3, -0.25) is 19.1 Å². The number of pyridine rings is 1. The Hall–Kier alpha value is -3.44. The van der Waals surface area contributed by atoms with E-state index in [0.29, 0.717) is 60.3 Å². The van der Waals surface area contributed by atoms with Gasteiger partial charge in [0.25, 0.3) is 0 Å². The number of amides is 2. The van der Waals surface area contributed by atoms with Gasteiger partial charge in [0.2, 0.25) is 11.8 Å². The number of hydrogen-bond acceptors (Lipinski definition) is 5. The first-order valence-corrected chi connectivity index (χ1v) is 16.7. The third kappa shape index (κ3) is 6.49. The van der Waals surface area contributed by atoms with Gasteiger partial charge < -0.3 is 19.9 Å². The lowest BCUT2D eigenvalue weighted by molar-refractivity contribution is -0.142. The van der Waals surface area contributed by atoms with Gasteiger partial charge in [-0.15, -0.1) is 0 Å². The summed E-state index contributed by atoms with van der Waals surface area (Å²) in [4.78, 5) is 51.2. The number of aromatic nitrogens is 3. The first-order valence-electron chi connectivity index (χ1n) is 15.1. The molecule has 2 N–H and O–H groups in total. The molecule has 2 amide bonds. The second kappa shape index (κ2) is 13.3. The Morgan fingerprint density at radius 3 is 2.25 bits per heavy atom. The van der Waals surface area contributed by atoms with E-state index >= 15 is 0 Å². The van der Waals surface area contributed by atoms with Crippen LogP contribution in [0.2, 0.25) is 0 Å². The van der Waals surface area contributed by atoms with Crippen LogP contribution in [0, 0.1) is 5.92 Å². The summed E-state index contributed by atoms with van der Waals surface area (Å²) in [6.45, 7) is 2.35. The number of imidazole rings is 1. The van der Waals surface area contributed by atoms with Gasteiger partial charge in [0.05, 0.1) is 25.9 Å². The van der Waals surface area contributed by atoms with Gasteiger partial charge in [-0.25, -0.2) is 4.79 Å². The predicted molar refractivity (Wildman–Crippen MR) is 176 cm³/mol. The molecule has 44 heavy (non-hydrogen) atoms. The smallest absolute Gasteiger partial charge is 0.326 e. The molecule has 9 nitrogen and oxygen atoms in total. The van der Waals surface area contributed by atoms with E-state index in [0.717, 1.165) is 29.4 Å². The van der Waals surface area contributed by atoms with Crippen molar-refractivity contribution in [2.24, 2.45) is 5.92 Å². The van der Waals surface area contributed by atoms with E-state index in [2.05, 4.69) is 41.8 Å². The second-order valence-corrected chi connectivity index (χ2v) is 13.5. The molecule has 1 atom stereocenters. The van der Waals surface area contributed by atoms with Crippen molar-refractivity contribution >= 4 is 54.7 Å². The molecule has 2 saturated heterocycles. The van der Waals surface area contributed by atoms with Crippen molar-refractivity contribution in [2.75, 3.05) is 26.2 Å². The van der Waals surface area contributed by atoms with Crippen molar-refractivity contribution in [1.82, 2.24) is 24.3 Å². The van der Waals surface area contributed by atoms with E-state index in [1.54, 1.807) is 0 Å².